The number of thiophene rings is 1. The zero-order valence-electron chi connectivity index (χ0n) is 16.8. The Morgan fingerprint density at radius 1 is 1.30 bits per heavy atom. The summed E-state index contributed by atoms with van der Waals surface area (Å²) < 4.78 is 5.27. The number of terminal acetylenes is 1. The molecule has 0 fully saturated rings. The standard InChI is InChI=1S/C23H25N3O3S/c1-2-11-29-15-17(27)13-26(12-16-7-4-3-5-8-16)14-20-24-22(28)21-18-9-6-10-19(18)30-23(21)25-20/h1,3-5,7-8,17,27H,6,9-15H2,(H,24,25,28). The van der Waals surface area contributed by atoms with E-state index in [2.05, 4.69) is 15.8 Å². The van der Waals surface area contributed by atoms with Crippen molar-refractivity contribution in [2.75, 3.05) is 19.8 Å². The normalized spacial score (nSPS) is 14.2. The minimum absolute atomic E-state index is 0.0630. The lowest BCUT2D eigenvalue weighted by molar-refractivity contribution is 0.0238. The number of H-pyrrole nitrogens is 1. The predicted molar refractivity (Wildman–Crippen MR) is 118 cm³/mol. The molecule has 0 saturated carbocycles. The predicted octanol–water partition coefficient (Wildman–Crippen LogP) is 2.49. The minimum atomic E-state index is -0.692. The first-order valence-corrected chi connectivity index (χ1v) is 10.9. The summed E-state index contributed by atoms with van der Waals surface area (Å²) in [5.74, 6) is 3.01. The topological polar surface area (TPSA) is 78.5 Å². The lowest BCUT2D eigenvalue weighted by Gasteiger charge is -2.24. The molecule has 1 aliphatic rings. The summed E-state index contributed by atoms with van der Waals surface area (Å²) in [4.78, 5) is 24.6. The van der Waals surface area contributed by atoms with Crippen molar-refractivity contribution < 1.29 is 9.84 Å². The fourth-order valence-electron chi connectivity index (χ4n) is 3.96. The van der Waals surface area contributed by atoms with Crippen LogP contribution in [0.25, 0.3) is 10.2 Å². The number of rotatable bonds is 9. The monoisotopic (exact) mass is 423 g/mol. The van der Waals surface area contributed by atoms with Crippen molar-refractivity contribution in [3.8, 4) is 12.3 Å². The van der Waals surface area contributed by atoms with Gasteiger partial charge in [0, 0.05) is 18.0 Å². The molecule has 4 rings (SSSR count). The van der Waals surface area contributed by atoms with Crippen molar-refractivity contribution in [1.82, 2.24) is 14.9 Å². The lowest BCUT2D eigenvalue weighted by Crippen LogP contribution is -2.35. The average Bonchev–Trinajstić information content (AvgIpc) is 3.29. The summed E-state index contributed by atoms with van der Waals surface area (Å²) in [5.41, 5.74) is 2.23. The van der Waals surface area contributed by atoms with E-state index < -0.39 is 6.10 Å². The van der Waals surface area contributed by atoms with Gasteiger partial charge in [-0.15, -0.1) is 17.8 Å². The fraction of sp³-hybridized carbons (Fsp3) is 0.391. The molecule has 2 aromatic heterocycles. The molecule has 1 aliphatic carbocycles. The fourth-order valence-corrected chi connectivity index (χ4v) is 5.25. The van der Waals surface area contributed by atoms with Crippen LogP contribution in [0, 0.1) is 12.3 Å². The highest BCUT2D eigenvalue weighted by Gasteiger charge is 2.22. The van der Waals surface area contributed by atoms with Gasteiger partial charge >= 0.3 is 0 Å². The molecule has 7 heteroatoms. The number of hydrogen-bond acceptors (Lipinski definition) is 6. The molecular weight excluding hydrogens is 398 g/mol. The minimum Gasteiger partial charge on any atom is -0.389 e. The number of nitrogens with one attached hydrogen (secondary N) is 1. The van der Waals surface area contributed by atoms with Gasteiger partial charge in [-0.25, -0.2) is 4.98 Å². The molecule has 0 spiro atoms. The van der Waals surface area contributed by atoms with Crippen LogP contribution in [-0.2, 0) is 30.7 Å². The van der Waals surface area contributed by atoms with Crippen LogP contribution in [0.2, 0.25) is 0 Å². The van der Waals surface area contributed by atoms with Crippen molar-refractivity contribution in [3.63, 3.8) is 0 Å². The molecule has 0 amide bonds. The van der Waals surface area contributed by atoms with E-state index in [0.717, 1.165) is 35.0 Å². The third-order valence-corrected chi connectivity index (χ3v) is 6.40. The second kappa shape index (κ2) is 9.54. The van der Waals surface area contributed by atoms with E-state index in [1.165, 1.54) is 10.4 Å². The van der Waals surface area contributed by atoms with E-state index in [1.54, 1.807) is 11.3 Å². The van der Waals surface area contributed by atoms with Crippen LogP contribution >= 0.6 is 11.3 Å². The molecule has 30 heavy (non-hydrogen) atoms. The molecule has 2 heterocycles. The number of hydrogen-bond donors (Lipinski definition) is 2. The number of nitrogens with zero attached hydrogens (tertiary/aromatic N) is 2. The Kier molecular flexibility index (Phi) is 6.60. The van der Waals surface area contributed by atoms with Gasteiger partial charge in [-0.3, -0.25) is 9.69 Å². The molecule has 1 unspecified atom stereocenters. The van der Waals surface area contributed by atoms with Gasteiger partial charge in [0.15, 0.2) is 0 Å². The Balaban J connectivity index is 1.54. The highest BCUT2D eigenvalue weighted by molar-refractivity contribution is 7.18. The molecule has 156 valence electrons. The second-order valence-corrected chi connectivity index (χ2v) is 8.66. The van der Waals surface area contributed by atoms with E-state index >= 15 is 0 Å². The van der Waals surface area contributed by atoms with Crippen LogP contribution in [0.15, 0.2) is 35.1 Å². The van der Waals surface area contributed by atoms with Crippen molar-refractivity contribution in [1.29, 1.82) is 0 Å². The van der Waals surface area contributed by atoms with E-state index in [0.29, 0.717) is 25.5 Å². The molecule has 0 bridgehead atoms. The molecular formula is C23H25N3O3S. The zero-order valence-corrected chi connectivity index (χ0v) is 17.6. The maximum Gasteiger partial charge on any atom is 0.259 e. The van der Waals surface area contributed by atoms with Crippen molar-refractivity contribution >= 4 is 21.6 Å². The van der Waals surface area contributed by atoms with Crippen molar-refractivity contribution in [2.24, 2.45) is 0 Å². The number of ether oxygens (including phenoxy) is 1. The van der Waals surface area contributed by atoms with E-state index in [1.807, 2.05) is 30.3 Å². The summed E-state index contributed by atoms with van der Waals surface area (Å²) >= 11 is 1.64. The van der Waals surface area contributed by atoms with Gasteiger partial charge in [0.25, 0.3) is 5.56 Å². The first kappa shape index (κ1) is 20.8. The first-order valence-electron chi connectivity index (χ1n) is 10.1. The summed E-state index contributed by atoms with van der Waals surface area (Å²) in [5, 5.41) is 11.1. The SMILES string of the molecule is C#CCOCC(O)CN(Cc1ccccc1)Cc1nc2sc3c(c2c(=O)[nH]1)CCC3. The third kappa shape index (κ3) is 4.79. The van der Waals surface area contributed by atoms with Gasteiger partial charge < -0.3 is 14.8 Å². The number of fused-ring (bicyclic) bond motifs is 3. The highest BCUT2D eigenvalue weighted by atomic mass is 32.1. The van der Waals surface area contributed by atoms with Crippen LogP contribution < -0.4 is 5.56 Å². The number of benzene rings is 1. The summed E-state index contributed by atoms with van der Waals surface area (Å²) in [6, 6.07) is 10.0. The molecule has 0 aliphatic heterocycles. The molecule has 0 saturated heterocycles. The quantitative estimate of drug-likeness (QED) is 0.408. The number of aromatic nitrogens is 2. The molecule has 1 aromatic carbocycles. The van der Waals surface area contributed by atoms with E-state index in [9.17, 15) is 9.90 Å². The second-order valence-electron chi connectivity index (χ2n) is 7.58. The summed E-state index contributed by atoms with van der Waals surface area (Å²) in [7, 11) is 0. The highest BCUT2D eigenvalue weighted by Crippen LogP contribution is 2.34. The number of aryl methyl sites for hydroxylation is 2. The Bertz CT molecular complexity index is 1100. The van der Waals surface area contributed by atoms with E-state index in [4.69, 9.17) is 16.1 Å². The van der Waals surface area contributed by atoms with Gasteiger partial charge in [-0.2, -0.15) is 0 Å². The summed E-state index contributed by atoms with van der Waals surface area (Å²) in [6.45, 7) is 1.76. The van der Waals surface area contributed by atoms with Gasteiger partial charge in [-0.1, -0.05) is 36.3 Å². The third-order valence-electron chi connectivity index (χ3n) is 5.21. The Labute approximate surface area is 179 Å². The number of aliphatic hydroxyl groups is 1. The Morgan fingerprint density at radius 2 is 2.13 bits per heavy atom. The average molecular weight is 424 g/mol. The van der Waals surface area contributed by atoms with Crippen LogP contribution in [-0.4, -0.2) is 45.8 Å². The molecule has 3 aromatic rings. The van der Waals surface area contributed by atoms with Gasteiger partial charge in [0.2, 0.25) is 0 Å². The zero-order chi connectivity index (χ0) is 20.9. The smallest absolute Gasteiger partial charge is 0.259 e. The first-order chi connectivity index (χ1) is 14.6. The molecule has 1 atom stereocenters. The number of aromatic amines is 1. The van der Waals surface area contributed by atoms with Crippen LogP contribution in [0.4, 0.5) is 0 Å². The van der Waals surface area contributed by atoms with Gasteiger partial charge in [-0.05, 0) is 30.4 Å². The van der Waals surface area contributed by atoms with Crippen molar-refractivity contribution in [2.45, 2.75) is 38.5 Å². The van der Waals surface area contributed by atoms with Gasteiger partial charge in [0.05, 0.1) is 24.6 Å². The van der Waals surface area contributed by atoms with Crippen molar-refractivity contribution in [3.05, 3.63) is 62.5 Å². The Morgan fingerprint density at radius 3 is 2.93 bits per heavy atom. The van der Waals surface area contributed by atoms with Crippen LogP contribution in [0.3, 0.4) is 0 Å². The maximum atomic E-state index is 12.8. The maximum absolute atomic E-state index is 12.8. The van der Waals surface area contributed by atoms with Crippen LogP contribution in [0.5, 0.6) is 0 Å². The lowest BCUT2D eigenvalue weighted by atomic mass is 10.2. The molecule has 2 N–H and O–H groups in total. The van der Waals surface area contributed by atoms with Gasteiger partial charge in [0.1, 0.15) is 17.3 Å². The molecule has 0 radical (unpaired) electrons. The summed E-state index contributed by atoms with van der Waals surface area (Å²) in [6.07, 6.45) is 7.62. The largest absolute Gasteiger partial charge is 0.389 e. The number of aliphatic hydroxyl groups excluding tert-OH is 1. The Hall–Kier alpha value is -2.50. The molecule has 6 nitrogen and oxygen atoms in total. The van der Waals surface area contributed by atoms with E-state index in [-0.39, 0.29) is 18.8 Å². The van der Waals surface area contributed by atoms with Crippen LogP contribution in [0.1, 0.15) is 28.2 Å².